The van der Waals surface area contributed by atoms with Gasteiger partial charge in [-0.05, 0) is 64.2 Å². The van der Waals surface area contributed by atoms with Gasteiger partial charge in [-0.1, -0.05) is 48.5 Å². The highest BCUT2D eigenvalue weighted by Crippen LogP contribution is 2.40. The Morgan fingerprint density at radius 3 is 1.50 bits per heavy atom. The molecule has 0 bridgehead atoms. The number of ether oxygens (including phenoxy) is 3. The molecule has 4 aromatic rings. The molecule has 40 heavy (non-hydrogen) atoms. The molecule has 204 valence electrons. The van der Waals surface area contributed by atoms with Crippen LogP contribution in [0.25, 0.3) is 33.4 Å². The second kappa shape index (κ2) is 11.9. The number of benzene rings is 4. The van der Waals surface area contributed by atoms with Gasteiger partial charge in [0.1, 0.15) is 16.7 Å². The molecule has 0 spiro atoms. The van der Waals surface area contributed by atoms with Gasteiger partial charge < -0.3 is 18.8 Å². The highest BCUT2D eigenvalue weighted by Gasteiger charge is 2.21. The molecule has 9 nitrogen and oxygen atoms in total. The zero-order chi connectivity index (χ0) is 28.9. The topological polar surface area (TPSA) is 136 Å². The molecule has 0 saturated heterocycles. The minimum atomic E-state index is -5.02. The first-order valence-electron chi connectivity index (χ1n) is 11.8. The molecule has 0 aliphatic rings. The van der Waals surface area contributed by atoms with Crippen LogP contribution < -0.4 is 0 Å². The zero-order valence-electron chi connectivity index (χ0n) is 21.4. The van der Waals surface area contributed by atoms with E-state index in [0.29, 0.717) is 28.7 Å². The molecule has 0 saturated carbocycles. The van der Waals surface area contributed by atoms with E-state index in [1.165, 1.54) is 62.8 Å². The fourth-order valence-corrected chi connectivity index (χ4v) is 5.12. The van der Waals surface area contributed by atoms with Crippen molar-refractivity contribution < 1.29 is 41.6 Å². The Morgan fingerprint density at radius 2 is 1.12 bits per heavy atom. The Kier molecular flexibility index (Phi) is 8.42. The van der Waals surface area contributed by atoms with E-state index in [1.54, 1.807) is 36.4 Å². The lowest BCUT2D eigenvalue weighted by Gasteiger charge is -2.21. The minimum Gasteiger partial charge on any atom is -0.744 e. The first kappa shape index (κ1) is 28.2. The van der Waals surface area contributed by atoms with Crippen molar-refractivity contribution >= 4 is 28.5 Å². The van der Waals surface area contributed by atoms with Crippen LogP contribution in [0, 0.1) is 0 Å². The Labute approximate surface area is 230 Å². The summed E-state index contributed by atoms with van der Waals surface area (Å²) in [5.41, 5.74) is 3.56. The lowest BCUT2D eigenvalue weighted by atomic mass is 9.92. The molecule has 10 heteroatoms. The number of carbonyl (C=O) groups excluding carboxylic acids is 3. The van der Waals surface area contributed by atoms with E-state index in [2.05, 4.69) is 0 Å². The fraction of sp³-hybridized carbons (Fsp3) is 0.100. The van der Waals surface area contributed by atoms with Crippen LogP contribution in [0.3, 0.4) is 0 Å². The number of methoxy groups -OCH3 is 2. The predicted octanol–water partition coefficient (Wildman–Crippen LogP) is 4.84. The van der Waals surface area contributed by atoms with Gasteiger partial charge in [0, 0.05) is 11.1 Å². The average molecular weight is 560 g/mol. The van der Waals surface area contributed by atoms with Crippen LogP contribution in [-0.4, -0.2) is 45.6 Å². The smallest absolute Gasteiger partial charge is 0.337 e. The Bertz CT molecular complexity index is 1580. The van der Waals surface area contributed by atoms with Crippen LogP contribution in [-0.2, 0) is 35.7 Å². The Morgan fingerprint density at radius 1 is 0.700 bits per heavy atom. The fourth-order valence-electron chi connectivity index (χ4n) is 4.22. The first-order chi connectivity index (χ1) is 19.2. The summed E-state index contributed by atoms with van der Waals surface area (Å²) >= 11 is 0. The molecule has 0 aliphatic carbocycles. The molecule has 0 amide bonds. The maximum Gasteiger partial charge on any atom is 0.337 e. The van der Waals surface area contributed by atoms with Crippen molar-refractivity contribution in [2.24, 2.45) is 0 Å². The highest BCUT2D eigenvalue weighted by molar-refractivity contribution is 7.86. The van der Waals surface area contributed by atoms with Gasteiger partial charge in [-0.25, -0.2) is 18.0 Å². The third kappa shape index (κ3) is 6.09. The maximum absolute atomic E-state index is 12.7. The van der Waals surface area contributed by atoms with Crippen molar-refractivity contribution in [2.75, 3.05) is 14.2 Å². The zero-order valence-corrected chi connectivity index (χ0v) is 22.3. The molecule has 0 heterocycles. The summed E-state index contributed by atoms with van der Waals surface area (Å²) in [7, 11) is -2.53. The third-order valence-corrected chi connectivity index (χ3v) is 7.12. The van der Waals surface area contributed by atoms with Crippen molar-refractivity contribution in [3.63, 3.8) is 0 Å². The second-order valence-electron chi connectivity index (χ2n) is 8.60. The van der Waals surface area contributed by atoms with E-state index < -0.39 is 27.0 Å². The normalized spacial score (nSPS) is 11.0. The van der Waals surface area contributed by atoms with E-state index in [4.69, 9.17) is 14.2 Å². The van der Waals surface area contributed by atoms with Gasteiger partial charge in [0.15, 0.2) is 0 Å². The molecule has 0 N–H and O–H groups in total. The van der Waals surface area contributed by atoms with Crippen LogP contribution in [0.5, 0.6) is 0 Å². The van der Waals surface area contributed by atoms with E-state index in [9.17, 15) is 27.4 Å². The summed E-state index contributed by atoms with van der Waals surface area (Å²) < 4.78 is 52.4. The molecular formula is C30H23O9S-. The highest BCUT2D eigenvalue weighted by atomic mass is 32.2. The number of rotatable bonds is 9. The SMILES string of the molecule is COC(=O)c1ccc(-c2cc(-c3ccc(COC=O)cc3)cc(-c3ccc(C(=O)OC)cc3)c2S(=O)(=O)[O-])cc1. The molecule has 0 atom stereocenters. The molecule has 0 aromatic heterocycles. The Balaban J connectivity index is 1.96. The van der Waals surface area contributed by atoms with Gasteiger partial charge in [-0.15, -0.1) is 0 Å². The largest absolute Gasteiger partial charge is 0.744 e. The monoisotopic (exact) mass is 559 g/mol. The van der Waals surface area contributed by atoms with Crippen molar-refractivity contribution in [1.82, 2.24) is 0 Å². The summed E-state index contributed by atoms with van der Waals surface area (Å²) in [5, 5.41) is 0. The molecule has 4 aromatic carbocycles. The predicted molar refractivity (Wildman–Crippen MR) is 144 cm³/mol. The summed E-state index contributed by atoms with van der Waals surface area (Å²) in [5.74, 6) is -1.14. The van der Waals surface area contributed by atoms with Crippen molar-refractivity contribution in [3.05, 3.63) is 102 Å². The van der Waals surface area contributed by atoms with Crippen molar-refractivity contribution in [1.29, 1.82) is 0 Å². The Hall–Kier alpha value is -4.80. The molecule has 0 fully saturated rings. The molecule has 0 aliphatic heterocycles. The van der Waals surface area contributed by atoms with Crippen LogP contribution in [0.2, 0.25) is 0 Å². The van der Waals surface area contributed by atoms with E-state index in [0.717, 1.165) is 5.56 Å². The summed E-state index contributed by atoms with van der Waals surface area (Å²) in [6, 6.07) is 22.3. The lowest BCUT2D eigenvalue weighted by molar-refractivity contribution is -0.129. The lowest BCUT2D eigenvalue weighted by Crippen LogP contribution is -2.06. The van der Waals surface area contributed by atoms with E-state index in [-0.39, 0.29) is 28.9 Å². The second-order valence-corrected chi connectivity index (χ2v) is 9.91. The van der Waals surface area contributed by atoms with Crippen LogP contribution in [0.15, 0.2) is 89.8 Å². The van der Waals surface area contributed by atoms with E-state index >= 15 is 0 Å². The number of hydrogen-bond acceptors (Lipinski definition) is 9. The van der Waals surface area contributed by atoms with Crippen LogP contribution in [0.4, 0.5) is 0 Å². The van der Waals surface area contributed by atoms with Gasteiger partial charge in [-0.3, -0.25) is 4.79 Å². The van der Waals surface area contributed by atoms with Crippen LogP contribution in [0.1, 0.15) is 26.3 Å². The standard InChI is InChI=1S/C30H24O9S/c1-37-29(32)23-11-7-21(8-12-23)26-15-25(20-5-3-19(4-6-20)17-39-18-31)16-27(28(26)40(34,35)36)22-9-13-24(14-10-22)30(33)38-2/h3-16,18H,17H2,1-2H3,(H,34,35,36)/p-1. The third-order valence-electron chi connectivity index (χ3n) is 6.18. The summed E-state index contributed by atoms with van der Waals surface area (Å²) in [6.45, 7) is 0.443. The molecule has 0 radical (unpaired) electrons. The average Bonchev–Trinajstić information content (AvgIpc) is 2.98. The van der Waals surface area contributed by atoms with Gasteiger partial charge in [0.25, 0.3) is 6.47 Å². The molecule has 4 rings (SSSR count). The maximum atomic E-state index is 12.7. The van der Waals surface area contributed by atoms with Crippen molar-refractivity contribution in [2.45, 2.75) is 11.5 Å². The number of hydrogen-bond donors (Lipinski definition) is 0. The molecular weight excluding hydrogens is 536 g/mol. The summed E-state index contributed by atoms with van der Waals surface area (Å²) in [4.78, 5) is 33.9. The van der Waals surface area contributed by atoms with Crippen molar-refractivity contribution in [3.8, 4) is 33.4 Å². The molecule has 0 unspecified atom stereocenters. The summed E-state index contributed by atoms with van der Waals surface area (Å²) in [6.07, 6.45) is 0. The van der Waals surface area contributed by atoms with Gasteiger partial charge in [0.2, 0.25) is 0 Å². The first-order valence-corrected chi connectivity index (χ1v) is 13.2. The quantitative estimate of drug-likeness (QED) is 0.122. The number of esters is 2. The minimum absolute atomic E-state index is 0.0900. The number of carbonyl (C=O) groups is 3. The van der Waals surface area contributed by atoms with Gasteiger partial charge >= 0.3 is 11.9 Å². The van der Waals surface area contributed by atoms with E-state index in [1.807, 2.05) is 0 Å². The van der Waals surface area contributed by atoms with Gasteiger partial charge in [0.05, 0.1) is 30.2 Å². The van der Waals surface area contributed by atoms with Gasteiger partial charge in [-0.2, -0.15) is 0 Å². The van der Waals surface area contributed by atoms with Crippen LogP contribution >= 0.6 is 0 Å².